The number of carbonyl (C=O) groups excluding carboxylic acids is 1. The number of nitrogens with zero attached hydrogens (tertiary/aromatic N) is 2. The zero-order valence-electron chi connectivity index (χ0n) is 16.7. The molecule has 9 heteroatoms. The Morgan fingerprint density at radius 3 is 2.73 bits per heavy atom. The largest absolute Gasteiger partial charge is 0.441 e. The minimum absolute atomic E-state index is 0.0175. The molecular weight excluding hydrogens is 409 g/mol. The highest BCUT2D eigenvalue weighted by Crippen LogP contribution is 2.24. The maximum Gasteiger partial charge on any atom is 0.220 e. The number of hydrogen-bond acceptors (Lipinski definition) is 6. The van der Waals surface area contributed by atoms with Gasteiger partial charge in [-0.1, -0.05) is 18.6 Å². The number of amides is 1. The number of sulfone groups is 1. The molecule has 1 aromatic carbocycles. The maximum absolute atomic E-state index is 13.9. The van der Waals surface area contributed by atoms with Crippen molar-refractivity contribution in [2.45, 2.75) is 44.2 Å². The summed E-state index contributed by atoms with van der Waals surface area (Å²) in [5.74, 6) is 0.111. The van der Waals surface area contributed by atoms with Crippen LogP contribution in [0.3, 0.4) is 0 Å². The third-order valence-corrected chi connectivity index (χ3v) is 7.50. The van der Waals surface area contributed by atoms with Gasteiger partial charge >= 0.3 is 0 Å². The minimum atomic E-state index is -3.16. The molecule has 162 valence electrons. The van der Waals surface area contributed by atoms with Crippen LogP contribution in [0.15, 0.2) is 34.9 Å². The fourth-order valence-electron chi connectivity index (χ4n) is 4.29. The molecule has 0 radical (unpaired) electrons. The van der Waals surface area contributed by atoms with Crippen molar-refractivity contribution in [3.8, 4) is 11.3 Å². The van der Waals surface area contributed by atoms with Crippen LogP contribution in [0, 0.1) is 5.82 Å². The van der Waals surface area contributed by atoms with Crippen molar-refractivity contribution in [3.63, 3.8) is 0 Å². The molecule has 1 aromatic heterocycles. The number of likely N-dealkylation sites (tertiary alicyclic amines) is 1. The average molecular weight is 436 g/mol. The van der Waals surface area contributed by atoms with Gasteiger partial charge in [-0.2, -0.15) is 0 Å². The number of hydrogen-bond donors (Lipinski definition) is 1. The van der Waals surface area contributed by atoms with Crippen LogP contribution in [0.4, 0.5) is 4.39 Å². The van der Waals surface area contributed by atoms with Crippen LogP contribution >= 0.6 is 0 Å². The topological polar surface area (TPSA) is 92.5 Å². The molecule has 1 N–H and O–H groups in total. The number of carbonyl (C=O) groups is 1. The lowest BCUT2D eigenvalue weighted by atomic mass is 10.0. The number of aryl methyl sites for hydroxylation is 1. The molecule has 0 spiro atoms. The van der Waals surface area contributed by atoms with E-state index in [1.54, 1.807) is 18.2 Å². The monoisotopic (exact) mass is 435 g/mol. The van der Waals surface area contributed by atoms with Gasteiger partial charge in [0.15, 0.2) is 21.5 Å². The fraction of sp³-hybridized carbons (Fsp3) is 0.524. The molecular formula is C21H26FN3O4S. The van der Waals surface area contributed by atoms with Crippen molar-refractivity contribution >= 4 is 15.7 Å². The van der Waals surface area contributed by atoms with Gasteiger partial charge in [0.25, 0.3) is 0 Å². The number of nitrogens with one attached hydrogen (secondary N) is 1. The van der Waals surface area contributed by atoms with E-state index < -0.39 is 15.7 Å². The Morgan fingerprint density at radius 1 is 1.20 bits per heavy atom. The molecule has 0 saturated carbocycles. The van der Waals surface area contributed by atoms with Crippen molar-refractivity contribution in [1.82, 2.24) is 15.2 Å². The predicted molar refractivity (Wildman–Crippen MR) is 110 cm³/mol. The first kappa shape index (κ1) is 21.0. The van der Waals surface area contributed by atoms with Crippen molar-refractivity contribution in [3.05, 3.63) is 42.2 Å². The number of piperidine rings is 1. The lowest BCUT2D eigenvalue weighted by Gasteiger charge is -2.35. The number of halogens is 1. The number of rotatable bonds is 6. The molecule has 2 fully saturated rings. The van der Waals surface area contributed by atoms with E-state index in [2.05, 4.69) is 15.2 Å². The Hall–Kier alpha value is -2.26. The highest BCUT2D eigenvalue weighted by atomic mass is 32.2. The van der Waals surface area contributed by atoms with Crippen LogP contribution in [0.5, 0.6) is 0 Å². The van der Waals surface area contributed by atoms with Gasteiger partial charge in [0, 0.05) is 18.9 Å². The number of benzene rings is 1. The van der Waals surface area contributed by atoms with Crippen molar-refractivity contribution in [2.75, 3.05) is 24.6 Å². The van der Waals surface area contributed by atoms with E-state index in [-0.39, 0.29) is 42.3 Å². The molecule has 2 aliphatic rings. The Bertz CT molecular complexity index is 1000. The second-order valence-corrected chi connectivity index (χ2v) is 10.2. The zero-order chi connectivity index (χ0) is 21.1. The van der Waals surface area contributed by atoms with E-state index in [4.69, 9.17) is 4.42 Å². The average Bonchev–Trinajstić information content (AvgIpc) is 3.31. The smallest absolute Gasteiger partial charge is 0.220 e. The first-order chi connectivity index (χ1) is 14.4. The van der Waals surface area contributed by atoms with Gasteiger partial charge in [0.1, 0.15) is 5.82 Å². The van der Waals surface area contributed by atoms with Crippen LogP contribution in [0.25, 0.3) is 11.3 Å². The summed E-state index contributed by atoms with van der Waals surface area (Å²) in [5, 5.41) is 2.91. The quantitative estimate of drug-likeness (QED) is 0.748. The third kappa shape index (κ3) is 4.89. The van der Waals surface area contributed by atoms with Gasteiger partial charge in [-0.15, -0.1) is 0 Å². The maximum atomic E-state index is 13.9. The van der Waals surface area contributed by atoms with Crippen LogP contribution in [-0.4, -0.2) is 60.9 Å². The zero-order valence-corrected chi connectivity index (χ0v) is 17.5. The lowest BCUT2D eigenvalue weighted by molar-refractivity contribution is -0.122. The predicted octanol–water partition coefficient (Wildman–Crippen LogP) is 2.18. The summed E-state index contributed by atoms with van der Waals surface area (Å²) >= 11 is 0. The molecule has 2 saturated heterocycles. The standard InChI is InChI=1S/C21H26FN3O4S/c22-16-7-3-2-6-15(16)19-12-23-21(29-19)9-8-20(26)24-17-13-30(27,28)14-18(17)25-10-4-1-5-11-25/h2-3,6-7,12,17-18H,1,4-5,8-11,13-14H2,(H,24,26). The minimum Gasteiger partial charge on any atom is -0.441 e. The van der Waals surface area contributed by atoms with Crippen molar-refractivity contribution in [1.29, 1.82) is 0 Å². The summed E-state index contributed by atoms with van der Waals surface area (Å²) < 4.78 is 43.8. The summed E-state index contributed by atoms with van der Waals surface area (Å²) in [6, 6.07) is 5.71. The van der Waals surface area contributed by atoms with Gasteiger partial charge in [-0.3, -0.25) is 9.69 Å². The molecule has 7 nitrogen and oxygen atoms in total. The molecule has 3 heterocycles. The summed E-state index contributed by atoms with van der Waals surface area (Å²) in [4.78, 5) is 18.8. The third-order valence-electron chi connectivity index (χ3n) is 5.79. The van der Waals surface area contributed by atoms with E-state index in [1.165, 1.54) is 12.3 Å². The Morgan fingerprint density at radius 2 is 1.97 bits per heavy atom. The number of oxazole rings is 1. The van der Waals surface area contributed by atoms with Gasteiger partial charge < -0.3 is 9.73 Å². The molecule has 30 heavy (non-hydrogen) atoms. The molecule has 0 aliphatic carbocycles. The molecule has 2 aromatic rings. The van der Waals surface area contributed by atoms with E-state index in [0.29, 0.717) is 17.2 Å². The second-order valence-electron chi connectivity index (χ2n) is 8.01. The van der Waals surface area contributed by atoms with E-state index in [0.717, 1.165) is 32.4 Å². The highest BCUT2D eigenvalue weighted by Gasteiger charge is 2.41. The van der Waals surface area contributed by atoms with Crippen molar-refractivity contribution < 1.29 is 22.0 Å². The number of aromatic nitrogens is 1. The Labute approximate surface area is 175 Å². The second kappa shape index (κ2) is 8.85. The molecule has 1 amide bonds. The van der Waals surface area contributed by atoms with Gasteiger partial charge in [-0.05, 0) is 38.1 Å². The SMILES string of the molecule is O=C(CCc1ncc(-c2ccccc2F)o1)NC1CS(=O)(=O)CC1N1CCCCC1. The Kier molecular flexibility index (Phi) is 6.19. The van der Waals surface area contributed by atoms with E-state index >= 15 is 0 Å². The summed E-state index contributed by atoms with van der Waals surface area (Å²) in [5.41, 5.74) is 0.321. The molecule has 2 unspecified atom stereocenters. The molecule has 0 bridgehead atoms. The van der Waals surface area contributed by atoms with Gasteiger partial charge in [0.05, 0.1) is 29.3 Å². The van der Waals surface area contributed by atoms with Crippen LogP contribution in [-0.2, 0) is 21.1 Å². The first-order valence-electron chi connectivity index (χ1n) is 10.3. The van der Waals surface area contributed by atoms with Gasteiger partial charge in [-0.25, -0.2) is 17.8 Å². The van der Waals surface area contributed by atoms with Crippen LogP contribution in [0.2, 0.25) is 0 Å². The fourth-order valence-corrected chi connectivity index (χ4v) is 6.24. The highest BCUT2D eigenvalue weighted by molar-refractivity contribution is 7.91. The first-order valence-corrected chi connectivity index (χ1v) is 12.2. The van der Waals surface area contributed by atoms with E-state index in [9.17, 15) is 17.6 Å². The normalized spacial score (nSPS) is 24.0. The molecule has 2 atom stereocenters. The molecule has 2 aliphatic heterocycles. The van der Waals surface area contributed by atoms with Gasteiger partial charge in [0.2, 0.25) is 5.91 Å². The summed E-state index contributed by atoms with van der Waals surface area (Å²) in [7, 11) is -3.16. The van der Waals surface area contributed by atoms with E-state index in [1.807, 2.05) is 0 Å². The van der Waals surface area contributed by atoms with Crippen LogP contribution < -0.4 is 5.32 Å². The summed E-state index contributed by atoms with van der Waals surface area (Å²) in [6.07, 6.45) is 5.12. The Balaban J connectivity index is 1.35. The molecule has 4 rings (SSSR count). The summed E-state index contributed by atoms with van der Waals surface area (Å²) in [6.45, 7) is 1.75. The van der Waals surface area contributed by atoms with Crippen molar-refractivity contribution in [2.24, 2.45) is 0 Å². The lowest BCUT2D eigenvalue weighted by Crippen LogP contribution is -2.52. The van der Waals surface area contributed by atoms with Crippen LogP contribution in [0.1, 0.15) is 31.6 Å².